The minimum absolute atomic E-state index is 0.0763. The molecule has 0 unspecified atom stereocenters. The highest BCUT2D eigenvalue weighted by atomic mass is 19.4. The highest BCUT2D eigenvalue weighted by Crippen LogP contribution is 2.29. The lowest BCUT2D eigenvalue weighted by atomic mass is 9.90. The van der Waals surface area contributed by atoms with Gasteiger partial charge in [0.25, 0.3) is 5.91 Å². The number of hydrogen-bond donors (Lipinski definition) is 5. The molecule has 2 atom stereocenters. The number of benzene rings is 1. The monoisotopic (exact) mass is 471 g/mol. The van der Waals surface area contributed by atoms with E-state index in [9.17, 15) is 27.2 Å². The van der Waals surface area contributed by atoms with Gasteiger partial charge in [-0.25, -0.2) is 14.2 Å². The SMILES string of the molecule is NC(=O)c1cc(F)c(N[C@@H]2CCCC[C@@H]2NC(=O)O)nc1Nc1cccc(OC(F)(F)F)c1. The minimum atomic E-state index is -4.90. The van der Waals surface area contributed by atoms with Crippen LogP contribution in [0.1, 0.15) is 36.0 Å². The molecule has 1 heterocycles. The number of aromatic nitrogens is 1. The van der Waals surface area contributed by atoms with Gasteiger partial charge in [0, 0.05) is 17.8 Å². The number of nitrogens with zero attached hydrogens (tertiary/aromatic N) is 1. The lowest BCUT2D eigenvalue weighted by Gasteiger charge is -2.32. The third-order valence-corrected chi connectivity index (χ3v) is 4.97. The van der Waals surface area contributed by atoms with Crippen LogP contribution in [0.2, 0.25) is 0 Å². The lowest BCUT2D eigenvalue weighted by molar-refractivity contribution is -0.274. The molecule has 1 aromatic heterocycles. The van der Waals surface area contributed by atoms with E-state index in [-0.39, 0.29) is 22.9 Å². The Hall–Kier alpha value is -3.77. The summed E-state index contributed by atoms with van der Waals surface area (Å²) in [6.45, 7) is 0. The normalized spacial score (nSPS) is 18.3. The number of halogens is 4. The van der Waals surface area contributed by atoms with Gasteiger partial charge in [-0.05, 0) is 31.0 Å². The Balaban J connectivity index is 1.89. The van der Waals surface area contributed by atoms with Gasteiger partial charge in [0.1, 0.15) is 11.6 Å². The zero-order chi connectivity index (χ0) is 24.2. The van der Waals surface area contributed by atoms with E-state index >= 15 is 0 Å². The Morgan fingerprint density at radius 2 is 1.82 bits per heavy atom. The Morgan fingerprint density at radius 1 is 1.12 bits per heavy atom. The van der Waals surface area contributed by atoms with Crippen molar-refractivity contribution in [1.29, 1.82) is 0 Å². The number of carbonyl (C=O) groups is 2. The van der Waals surface area contributed by atoms with Crippen LogP contribution in [0.5, 0.6) is 5.75 Å². The van der Waals surface area contributed by atoms with Gasteiger partial charge in [-0.15, -0.1) is 13.2 Å². The summed E-state index contributed by atoms with van der Waals surface area (Å²) in [5.41, 5.74) is 5.05. The summed E-state index contributed by atoms with van der Waals surface area (Å²) in [4.78, 5) is 26.9. The number of primary amides is 1. The second-order valence-electron chi connectivity index (χ2n) is 7.37. The molecule has 9 nitrogen and oxygen atoms in total. The predicted octanol–water partition coefficient (Wildman–Crippen LogP) is 3.95. The zero-order valence-electron chi connectivity index (χ0n) is 17.1. The van der Waals surface area contributed by atoms with Crippen LogP contribution >= 0.6 is 0 Å². The van der Waals surface area contributed by atoms with Crippen LogP contribution in [0, 0.1) is 5.82 Å². The highest BCUT2D eigenvalue weighted by molar-refractivity contribution is 5.98. The van der Waals surface area contributed by atoms with Crippen molar-refractivity contribution in [2.75, 3.05) is 10.6 Å². The van der Waals surface area contributed by atoms with Crippen LogP contribution in [0.4, 0.5) is 39.7 Å². The number of ether oxygens (including phenoxy) is 1. The van der Waals surface area contributed by atoms with Crippen LogP contribution in [0.25, 0.3) is 0 Å². The minimum Gasteiger partial charge on any atom is -0.465 e. The molecule has 1 saturated carbocycles. The molecule has 0 saturated heterocycles. The van der Waals surface area contributed by atoms with Gasteiger partial charge in [0.15, 0.2) is 11.6 Å². The van der Waals surface area contributed by atoms with E-state index < -0.39 is 42.0 Å². The van der Waals surface area contributed by atoms with E-state index in [1.807, 2.05) is 0 Å². The van der Waals surface area contributed by atoms with Crippen LogP contribution < -0.4 is 26.4 Å². The fourth-order valence-corrected chi connectivity index (χ4v) is 3.59. The summed E-state index contributed by atoms with van der Waals surface area (Å²) < 4.78 is 56.0. The average Bonchev–Trinajstić information content (AvgIpc) is 2.70. The van der Waals surface area contributed by atoms with E-state index in [1.165, 1.54) is 12.1 Å². The van der Waals surface area contributed by atoms with Crippen LogP contribution in [-0.4, -0.2) is 40.5 Å². The van der Waals surface area contributed by atoms with Gasteiger partial charge < -0.3 is 31.5 Å². The van der Waals surface area contributed by atoms with Gasteiger partial charge in [-0.2, -0.15) is 0 Å². The summed E-state index contributed by atoms with van der Waals surface area (Å²) in [6, 6.07) is 4.66. The number of anilines is 3. The van der Waals surface area contributed by atoms with Gasteiger partial charge in [-0.1, -0.05) is 18.9 Å². The molecular weight excluding hydrogens is 450 g/mol. The van der Waals surface area contributed by atoms with E-state index in [4.69, 9.17) is 10.8 Å². The summed E-state index contributed by atoms with van der Waals surface area (Å²) in [5, 5.41) is 16.9. The molecular formula is C20H21F4N5O4. The summed E-state index contributed by atoms with van der Waals surface area (Å²) >= 11 is 0. The summed E-state index contributed by atoms with van der Waals surface area (Å²) in [7, 11) is 0. The van der Waals surface area contributed by atoms with Crippen molar-refractivity contribution in [1.82, 2.24) is 10.3 Å². The van der Waals surface area contributed by atoms with Crippen LogP contribution in [0.15, 0.2) is 30.3 Å². The molecule has 0 aliphatic heterocycles. The largest absolute Gasteiger partial charge is 0.573 e. The smallest absolute Gasteiger partial charge is 0.465 e. The third-order valence-electron chi connectivity index (χ3n) is 4.97. The number of nitrogens with one attached hydrogen (secondary N) is 3. The number of rotatable bonds is 7. The van der Waals surface area contributed by atoms with E-state index in [1.54, 1.807) is 0 Å². The quantitative estimate of drug-likeness (QED) is 0.385. The van der Waals surface area contributed by atoms with Gasteiger partial charge in [0.05, 0.1) is 11.6 Å². The molecule has 0 bridgehead atoms. The van der Waals surface area contributed by atoms with Crippen molar-refractivity contribution in [3.05, 3.63) is 41.7 Å². The first-order chi connectivity index (χ1) is 15.5. The molecule has 6 N–H and O–H groups in total. The van der Waals surface area contributed by atoms with Gasteiger partial charge in [0.2, 0.25) is 0 Å². The third kappa shape index (κ3) is 6.60. The fraction of sp³-hybridized carbons (Fsp3) is 0.350. The molecule has 33 heavy (non-hydrogen) atoms. The van der Waals surface area contributed by atoms with Crippen molar-refractivity contribution < 1.29 is 37.0 Å². The van der Waals surface area contributed by atoms with Crippen molar-refractivity contribution in [3.63, 3.8) is 0 Å². The van der Waals surface area contributed by atoms with E-state index in [0.717, 1.165) is 31.0 Å². The summed E-state index contributed by atoms with van der Waals surface area (Å²) in [6.07, 6.45) is -3.45. The second-order valence-corrected chi connectivity index (χ2v) is 7.37. The maximum Gasteiger partial charge on any atom is 0.573 e. The standard InChI is InChI=1S/C20H21F4N5O4/c21-13-9-12(16(25)30)17(26-10-4-3-5-11(8-10)33-20(22,23)24)29-18(13)27-14-6-1-2-7-15(14)28-19(31)32/h3-5,8-9,14-15,28H,1-2,6-7H2,(H2,25,30)(H,31,32)(H2,26,27,29)/t14-,15+/m1/s1. The average molecular weight is 471 g/mol. The molecule has 0 radical (unpaired) electrons. The van der Waals surface area contributed by atoms with E-state index in [2.05, 4.69) is 25.7 Å². The maximum atomic E-state index is 14.7. The topological polar surface area (TPSA) is 139 Å². The molecule has 2 aromatic rings. The van der Waals surface area contributed by atoms with Crippen molar-refractivity contribution >= 4 is 29.3 Å². The predicted molar refractivity (Wildman–Crippen MR) is 110 cm³/mol. The number of alkyl halides is 3. The number of nitrogens with two attached hydrogens (primary N) is 1. The first kappa shape index (κ1) is 23.9. The molecule has 1 aliphatic carbocycles. The highest BCUT2D eigenvalue weighted by Gasteiger charge is 2.31. The zero-order valence-corrected chi connectivity index (χ0v) is 17.1. The number of carbonyl (C=O) groups excluding carboxylic acids is 1. The molecule has 13 heteroatoms. The number of hydrogen-bond acceptors (Lipinski definition) is 6. The van der Waals surface area contributed by atoms with Gasteiger partial charge in [-0.3, -0.25) is 4.79 Å². The van der Waals surface area contributed by atoms with Gasteiger partial charge >= 0.3 is 12.5 Å². The second kappa shape index (κ2) is 9.79. The number of carboxylic acid groups (broad SMARTS) is 1. The number of pyridine rings is 1. The molecule has 178 valence electrons. The molecule has 3 rings (SSSR count). The Labute approximate surface area is 185 Å². The van der Waals surface area contributed by atoms with Crippen molar-refractivity contribution in [2.24, 2.45) is 5.73 Å². The van der Waals surface area contributed by atoms with E-state index in [0.29, 0.717) is 12.8 Å². The lowest BCUT2D eigenvalue weighted by Crippen LogP contribution is -2.48. The molecule has 1 fully saturated rings. The Morgan fingerprint density at radius 3 is 2.45 bits per heavy atom. The van der Waals surface area contributed by atoms with Crippen LogP contribution in [-0.2, 0) is 0 Å². The first-order valence-corrected chi connectivity index (χ1v) is 9.91. The molecule has 1 aromatic carbocycles. The number of amides is 2. The molecule has 1 aliphatic rings. The van der Waals surface area contributed by atoms with Crippen LogP contribution in [0.3, 0.4) is 0 Å². The fourth-order valence-electron chi connectivity index (χ4n) is 3.59. The maximum absolute atomic E-state index is 14.7. The Kier molecular flexibility index (Phi) is 7.09. The van der Waals surface area contributed by atoms with Crippen molar-refractivity contribution in [2.45, 2.75) is 44.1 Å². The molecule has 2 amide bonds. The summed E-state index contributed by atoms with van der Waals surface area (Å²) in [5.74, 6) is -2.90. The first-order valence-electron chi connectivity index (χ1n) is 9.91. The Bertz CT molecular complexity index is 1030. The molecule has 0 spiro atoms. The van der Waals surface area contributed by atoms with Crippen molar-refractivity contribution in [3.8, 4) is 5.75 Å².